The lowest BCUT2D eigenvalue weighted by Gasteiger charge is -2.29. The average Bonchev–Trinajstić information content (AvgIpc) is 2.85. The molecule has 2 heterocycles. The fourth-order valence-electron chi connectivity index (χ4n) is 3.62. The van der Waals surface area contributed by atoms with E-state index in [9.17, 15) is 14.9 Å². The summed E-state index contributed by atoms with van der Waals surface area (Å²) in [5.41, 5.74) is 1.05. The summed E-state index contributed by atoms with van der Waals surface area (Å²) in [5.74, 6) is -0.211. The lowest BCUT2D eigenvalue weighted by Crippen LogP contribution is -2.48. The maximum absolute atomic E-state index is 12.4. The average molecular weight is 340 g/mol. The van der Waals surface area contributed by atoms with Gasteiger partial charge in [-0.25, -0.2) is 0 Å². The normalized spacial score (nSPS) is 25.5. The number of carbonyl (C=O) groups excluding carboxylic acids is 1. The van der Waals surface area contributed by atoms with Gasteiger partial charge in [0.15, 0.2) is 0 Å². The second kappa shape index (κ2) is 7.27. The molecule has 2 aliphatic heterocycles. The fraction of sp³-hybridized carbons (Fsp3) is 0.562. The molecular weight excluding hydrogens is 318 g/mol. The molecule has 0 saturated carbocycles. The molecule has 0 spiro atoms. The van der Waals surface area contributed by atoms with Crippen molar-refractivity contribution in [1.29, 1.82) is 0 Å². The molecule has 0 aliphatic carbocycles. The van der Waals surface area contributed by atoms with Crippen molar-refractivity contribution in [3.05, 3.63) is 39.4 Å². The van der Waals surface area contributed by atoms with Crippen LogP contribution in [0.25, 0.3) is 0 Å². The van der Waals surface area contributed by atoms with E-state index in [1.54, 1.807) is 12.1 Å². The first-order valence-electron chi connectivity index (χ1n) is 7.91. The number of nitrogens with zero attached hydrogens (tertiary/aromatic N) is 1. The van der Waals surface area contributed by atoms with E-state index in [2.05, 4.69) is 10.6 Å². The first kappa shape index (κ1) is 17.7. The van der Waals surface area contributed by atoms with E-state index in [0.29, 0.717) is 29.6 Å². The summed E-state index contributed by atoms with van der Waals surface area (Å²) in [5, 5.41) is 17.7. The molecule has 7 heteroatoms. The number of nitrogens with one attached hydrogen (secondary N) is 2. The molecule has 2 saturated heterocycles. The molecule has 6 nitrogen and oxygen atoms in total. The fourth-order valence-corrected chi connectivity index (χ4v) is 3.62. The van der Waals surface area contributed by atoms with Crippen LogP contribution >= 0.6 is 12.4 Å². The van der Waals surface area contributed by atoms with Gasteiger partial charge in [-0.05, 0) is 38.2 Å². The molecule has 1 aromatic carbocycles. The lowest BCUT2D eigenvalue weighted by atomic mass is 9.99. The quantitative estimate of drug-likeness (QED) is 0.652. The van der Waals surface area contributed by atoms with E-state index in [1.807, 2.05) is 6.92 Å². The van der Waals surface area contributed by atoms with Gasteiger partial charge in [0, 0.05) is 35.3 Å². The van der Waals surface area contributed by atoms with E-state index >= 15 is 0 Å². The van der Waals surface area contributed by atoms with Crippen LogP contribution in [0.4, 0.5) is 5.69 Å². The molecule has 0 radical (unpaired) electrons. The number of carbonyl (C=O) groups is 1. The molecule has 1 aromatic rings. The van der Waals surface area contributed by atoms with Crippen molar-refractivity contribution in [3.8, 4) is 0 Å². The van der Waals surface area contributed by atoms with Crippen molar-refractivity contribution in [2.24, 2.45) is 0 Å². The number of amides is 1. The first-order chi connectivity index (χ1) is 10.6. The zero-order valence-electron chi connectivity index (χ0n) is 13.1. The Kier molecular flexibility index (Phi) is 5.59. The van der Waals surface area contributed by atoms with Gasteiger partial charge in [0.1, 0.15) is 0 Å². The SMILES string of the molecule is CCc1ccc(C(=O)NC2CC3CCC(C2)N3)cc1[N+](=O)[O-].Cl. The summed E-state index contributed by atoms with van der Waals surface area (Å²) >= 11 is 0. The summed E-state index contributed by atoms with van der Waals surface area (Å²) in [6, 6.07) is 5.91. The minimum Gasteiger partial charge on any atom is -0.349 e. The van der Waals surface area contributed by atoms with Crippen LogP contribution < -0.4 is 10.6 Å². The van der Waals surface area contributed by atoms with E-state index in [1.165, 1.54) is 18.9 Å². The number of aryl methyl sites for hydroxylation is 1. The van der Waals surface area contributed by atoms with Crippen LogP contribution in [0.3, 0.4) is 0 Å². The van der Waals surface area contributed by atoms with E-state index < -0.39 is 4.92 Å². The van der Waals surface area contributed by atoms with Gasteiger partial charge in [-0.15, -0.1) is 12.4 Å². The molecule has 2 fully saturated rings. The molecule has 1 amide bonds. The summed E-state index contributed by atoms with van der Waals surface area (Å²) in [4.78, 5) is 23.1. The molecule has 0 aromatic heterocycles. The number of halogens is 1. The lowest BCUT2D eigenvalue weighted by molar-refractivity contribution is -0.385. The number of hydrogen-bond acceptors (Lipinski definition) is 4. The number of nitro benzene ring substituents is 1. The Bertz CT molecular complexity index is 596. The predicted octanol–water partition coefficient (Wildman–Crippen LogP) is 2.59. The highest BCUT2D eigenvalue weighted by Crippen LogP contribution is 2.27. The van der Waals surface area contributed by atoms with E-state index in [0.717, 1.165) is 12.8 Å². The number of hydrogen-bond donors (Lipinski definition) is 2. The summed E-state index contributed by atoms with van der Waals surface area (Å²) in [7, 11) is 0. The van der Waals surface area contributed by atoms with Gasteiger partial charge in [0.25, 0.3) is 11.6 Å². The maximum Gasteiger partial charge on any atom is 0.273 e. The van der Waals surface area contributed by atoms with Gasteiger partial charge in [-0.2, -0.15) is 0 Å². The predicted molar refractivity (Wildman–Crippen MR) is 90.2 cm³/mol. The molecule has 2 N–H and O–H groups in total. The van der Waals surface area contributed by atoms with Crippen LogP contribution in [0.1, 0.15) is 48.5 Å². The van der Waals surface area contributed by atoms with Crippen LogP contribution in [-0.2, 0) is 6.42 Å². The Balaban J connectivity index is 0.00000192. The van der Waals surface area contributed by atoms with Gasteiger partial charge in [0.2, 0.25) is 0 Å². The van der Waals surface area contributed by atoms with Crippen molar-refractivity contribution in [1.82, 2.24) is 10.6 Å². The van der Waals surface area contributed by atoms with Gasteiger partial charge in [-0.3, -0.25) is 14.9 Å². The second-order valence-electron chi connectivity index (χ2n) is 6.23. The molecule has 23 heavy (non-hydrogen) atoms. The zero-order valence-corrected chi connectivity index (χ0v) is 13.9. The number of piperidine rings is 1. The van der Waals surface area contributed by atoms with E-state index in [4.69, 9.17) is 0 Å². The molecule has 2 bridgehead atoms. The number of rotatable bonds is 4. The first-order valence-corrected chi connectivity index (χ1v) is 7.91. The Labute approximate surface area is 141 Å². The van der Waals surface area contributed by atoms with Crippen molar-refractivity contribution in [2.75, 3.05) is 0 Å². The van der Waals surface area contributed by atoms with Crippen LogP contribution in [0, 0.1) is 10.1 Å². The van der Waals surface area contributed by atoms with Crippen LogP contribution in [0.15, 0.2) is 18.2 Å². The third-order valence-electron chi connectivity index (χ3n) is 4.73. The molecule has 126 valence electrons. The van der Waals surface area contributed by atoms with Gasteiger partial charge in [0.05, 0.1) is 4.92 Å². The Morgan fingerprint density at radius 3 is 2.57 bits per heavy atom. The summed E-state index contributed by atoms with van der Waals surface area (Å²) in [6.45, 7) is 1.87. The van der Waals surface area contributed by atoms with Gasteiger partial charge >= 0.3 is 0 Å². The molecule has 2 aliphatic rings. The molecular formula is C16H22ClN3O3. The standard InChI is InChI=1S/C16H21N3O3.ClH/c1-2-10-3-4-11(7-15(10)19(21)22)16(20)18-14-8-12-5-6-13(9-14)17-12;/h3-4,7,12-14,17H,2,5-6,8-9H2,1H3,(H,18,20);1H. The topological polar surface area (TPSA) is 84.3 Å². The second-order valence-corrected chi connectivity index (χ2v) is 6.23. The number of nitro groups is 1. The number of fused-ring (bicyclic) bond motifs is 2. The van der Waals surface area contributed by atoms with Gasteiger partial charge in [-0.1, -0.05) is 13.0 Å². The summed E-state index contributed by atoms with van der Waals surface area (Å²) < 4.78 is 0. The van der Waals surface area contributed by atoms with Crippen molar-refractivity contribution in [3.63, 3.8) is 0 Å². The van der Waals surface area contributed by atoms with Crippen LogP contribution in [0.2, 0.25) is 0 Å². The largest absolute Gasteiger partial charge is 0.349 e. The highest BCUT2D eigenvalue weighted by atomic mass is 35.5. The maximum atomic E-state index is 12.4. The van der Waals surface area contributed by atoms with Crippen molar-refractivity contribution in [2.45, 2.75) is 57.2 Å². The third-order valence-corrected chi connectivity index (χ3v) is 4.73. The third kappa shape index (κ3) is 3.82. The van der Waals surface area contributed by atoms with E-state index in [-0.39, 0.29) is 30.0 Å². The van der Waals surface area contributed by atoms with Crippen molar-refractivity contribution < 1.29 is 9.72 Å². The van der Waals surface area contributed by atoms with Gasteiger partial charge < -0.3 is 10.6 Å². The summed E-state index contributed by atoms with van der Waals surface area (Å²) in [6.07, 6.45) is 4.81. The van der Waals surface area contributed by atoms with Crippen LogP contribution in [0.5, 0.6) is 0 Å². The molecule has 3 rings (SSSR count). The molecule has 2 atom stereocenters. The highest BCUT2D eigenvalue weighted by molar-refractivity contribution is 5.95. The Morgan fingerprint density at radius 1 is 1.35 bits per heavy atom. The Morgan fingerprint density at radius 2 is 2.00 bits per heavy atom. The Hall–Kier alpha value is -1.66. The number of benzene rings is 1. The minimum atomic E-state index is -0.416. The van der Waals surface area contributed by atoms with Crippen LogP contribution in [-0.4, -0.2) is 29.0 Å². The highest BCUT2D eigenvalue weighted by Gasteiger charge is 2.34. The zero-order chi connectivity index (χ0) is 15.7. The smallest absolute Gasteiger partial charge is 0.273 e. The van der Waals surface area contributed by atoms with Crippen molar-refractivity contribution >= 4 is 24.0 Å². The minimum absolute atomic E-state index is 0. The molecule has 2 unspecified atom stereocenters. The monoisotopic (exact) mass is 339 g/mol.